The maximum absolute atomic E-state index is 3.49. The number of hydrogen-bond acceptors (Lipinski definition) is 3. The van der Waals surface area contributed by atoms with E-state index in [2.05, 4.69) is 53.5 Å². The number of fused-ring (bicyclic) bond motifs is 1. The van der Waals surface area contributed by atoms with E-state index < -0.39 is 0 Å². The van der Waals surface area contributed by atoms with Crippen molar-refractivity contribution in [1.82, 2.24) is 9.80 Å². The molecule has 2 fully saturated rings. The fourth-order valence-corrected chi connectivity index (χ4v) is 3.86. The number of hydrogen-bond donors (Lipinski definition) is 1. The molecular formula is C18H29N3. The molecule has 3 nitrogen and oxygen atoms in total. The third kappa shape index (κ3) is 3.58. The number of piperidine rings is 1. The van der Waals surface area contributed by atoms with E-state index in [9.17, 15) is 0 Å². The zero-order valence-corrected chi connectivity index (χ0v) is 13.5. The van der Waals surface area contributed by atoms with Crippen molar-refractivity contribution in [3.05, 3.63) is 29.8 Å². The molecule has 2 atom stereocenters. The molecule has 2 heterocycles. The van der Waals surface area contributed by atoms with E-state index >= 15 is 0 Å². The third-order valence-corrected chi connectivity index (χ3v) is 5.03. The Balaban J connectivity index is 1.59. The highest BCUT2D eigenvalue weighted by atomic mass is 15.2. The molecule has 0 radical (unpaired) electrons. The minimum Gasteiger partial charge on any atom is -0.384 e. The maximum Gasteiger partial charge on any atom is 0.0351 e. The highest BCUT2D eigenvalue weighted by Crippen LogP contribution is 2.40. The van der Waals surface area contributed by atoms with E-state index in [1.54, 1.807) is 0 Å². The van der Waals surface area contributed by atoms with Crippen molar-refractivity contribution in [2.75, 3.05) is 39.0 Å². The van der Waals surface area contributed by atoms with Crippen molar-refractivity contribution < 1.29 is 0 Å². The molecule has 0 aliphatic carbocycles. The lowest BCUT2D eigenvalue weighted by atomic mass is 10.0. The van der Waals surface area contributed by atoms with Crippen LogP contribution in [0.2, 0.25) is 0 Å². The third-order valence-electron chi connectivity index (χ3n) is 5.03. The van der Waals surface area contributed by atoms with Crippen LogP contribution < -0.4 is 5.32 Å². The summed E-state index contributed by atoms with van der Waals surface area (Å²) in [6.07, 6.45) is 6.98. The van der Waals surface area contributed by atoms with Gasteiger partial charge >= 0.3 is 0 Å². The van der Waals surface area contributed by atoms with Crippen molar-refractivity contribution in [3.8, 4) is 0 Å². The first-order valence-electron chi connectivity index (χ1n) is 8.48. The van der Waals surface area contributed by atoms with E-state index in [1.807, 2.05) is 0 Å². The molecule has 2 saturated heterocycles. The second kappa shape index (κ2) is 6.80. The quantitative estimate of drug-likeness (QED) is 0.896. The summed E-state index contributed by atoms with van der Waals surface area (Å²) in [4.78, 5) is 4.97. The molecule has 0 saturated carbocycles. The number of rotatable bonds is 5. The first-order chi connectivity index (χ1) is 10.2. The topological polar surface area (TPSA) is 18.5 Å². The van der Waals surface area contributed by atoms with Crippen LogP contribution >= 0.6 is 0 Å². The molecule has 0 bridgehead atoms. The molecule has 21 heavy (non-hydrogen) atoms. The fraction of sp³-hybridized carbons (Fsp3) is 0.667. The second-order valence-corrected chi connectivity index (χ2v) is 6.83. The Bertz CT molecular complexity index is 440. The van der Waals surface area contributed by atoms with Gasteiger partial charge in [0.1, 0.15) is 0 Å². The normalized spacial score (nSPS) is 26.0. The average molecular weight is 287 g/mol. The van der Waals surface area contributed by atoms with Crippen LogP contribution in [0.3, 0.4) is 0 Å². The van der Waals surface area contributed by atoms with Gasteiger partial charge in [-0.15, -0.1) is 0 Å². The molecule has 3 heteroatoms. The molecule has 116 valence electrons. The highest BCUT2D eigenvalue weighted by Gasteiger charge is 2.35. The van der Waals surface area contributed by atoms with Gasteiger partial charge in [-0.3, -0.25) is 4.90 Å². The van der Waals surface area contributed by atoms with Gasteiger partial charge in [-0.05, 0) is 64.0 Å². The summed E-state index contributed by atoms with van der Waals surface area (Å²) in [6.45, 7) is 3.38. The first-order valence-corrected chi connectivity index (χ1v) is 8.48. The van der Waals surface area contributed by atoms with Gasteiger partial charge in [-0.25, -0.2) is 0 Å². The van der Waals surface area contributed by atoms with Gasteiger partial charge < -0.3 is 10.2 Å². The molecular weight excluding hydrogens is 258 g/mol. The molecule has 1 aromatic rings. The number of anilines is 1. The van der Waals surface area contributed by atoms with Crippen LogP contribution in [0.5, 0.6) is 0 Å². The molecule has 2 aliphatic rings. The Morgan fingerprint density at radius 1 is 1.10 bits per heavy atom. The Labute approximate surface area is 129 Å². The Morgan fingerprint density at radius 3 is 2.67 bits per heavy atom. The molecule has 0 aromatic heterocycles. The first kappa shape index (κ1) is 14.9. The minimum atomic E-state index is 0.672. The van der Waals surface area contributed by atoms with Crippen molar-refractivity contribution in [1.29, 1.82) is 0 Å². The smallest absolute Gasteiger partial charge is 0.0351 e. The van der Waals surface area contributed by atoms with Crippen molar-refractivity contribution in [2.24, 2.45) is 0 Å². The Hall–Kier alpha value is -1.06. The molecule has 0 spiro atoms. The van der Waals surface area contributed by atoms with Crippen molar-refractivity contribution in [3.63, 3.8) is 0 Å². The van der Waals surface area contributed by atoms with Gasteiger partial charge in [-0.1, -0.05) is 18.6 Å². The van der Waals surface area contributed by atoms with Crippen molar-refractivity contribution >= 4 is 5.69 Å². The lowest BCUT2D eigenvalue weighted by Gasteiger charge is -2.34. The Morgan fingerprint density at radius 2 is 1.90 bits per heavy atom. The summed E-state index contributed by atoms with van der Waals surface area (Å²) < 4.78 is 0. The van der Waals surface area contributed by atoms with Gasteiger partial charge in [0, 0.05) is 30.9 Å². The lowest BCUT2D eigenvalue weighted by Crippen LogP contribution is -2.35. The molecule has 2 unspecified atom stereocenters. The van der Waals surface area contributed by atoms with E-state index in [-0.39, 0.29) is 0 Å². The van der Waals surface area contributed by atoms with Crippen LogP contribution in [0.15, 0.2) is 24.3 Å². The molecule has 1 aromatic carbocycles. The van der Waals surface area contributed by atoms with E-state index in [4.69, 9.17) is 0 Å². The predicted molar refractivity (Wildman–Crippen MR) is 89.8 cm³/mol. The molecule has 2 aliphatic heterocycles. The summed E-state index contributed by atoms with van der Waals surface area (Å²) in [5, 5.41) is 3.49. The van der Waals surface area contributed by atoms with Gasteiger partial charge in [0.15, 0.2) is 0 Å². The van der Waals surface area contributed by atoms with E-state index in [0.29, 0.717) is 6.04 Å². The number of benzene rings is 1. The summed E-state index contributed by atoms with van der Waals surface area (Å²) >= 11 is 0. The fourth-order valence-electron chi connectivity index (χ4n) is 3.86. The number of nitrogens with zero attached hydrogens (tertiary/aromatic N) is 2. The average Bonchev–Trinajstić information content (AvgIpc) is 2.92. The Kier molecular flexibility index (Phi) is 4.81. The minimum absolute atomic E-state index is 0.672. The van der Waals surface area contributed by atoms with E-state index in [0.717, 1.165) is 19.1 Å². The summed E-state index contributed by atoms with van der Waals surface area (Å²) in [5.74, 6) is 0. The standard InChI is InChI=1S/C18H29N3/c1-20(2)14-12-19-16-8-6-15(7-9-16)18-11-10-17-5-3-4-13-21(17)18/h6-9,17-19H,3-5,10-14H2,1-2H3. The molecule has 1 N–H and O–H groups in total. The molecule has 0 amide bonds. The van der Waals surface area contributed by atoms with Crippen molar-refractivity contribution in [2.45, 2.75) is 44.2 Å². The number of likely N-dealkylation sites (N-methyl/N-ethyl adjacent to an activating group) is 1. The monoisotopic (exact) mass is 287 g/mol. The van der Waals surface area contributed by atoms with Gasteiger partial charge in [-0.2, -0.15) is 0 Å². The van der Waals surface area contributed by atoms with Crippen LogP contribution in [0.4, 0.5) is 5.69 Å². The summed E-state index contributed by atoms with van der Waals surface area (Å²) in [7, 11) is 4.22. The van der Waals surface area contributed by atoms with E-state index in [1.165, 1.54) is 49.9 Å². The SMILES string of the molecule is CN(C)CCNc1ccc(C2CCC3CCCCN32)cc1. The lowest BCUT2D eigenvalue weighted by molar-refractivity contribution is 0.150. The van der Waals surface area contributed by atoms with Gasteiger partial charge in [0.2, 0.25) is 0 Å². The van der Waals surface area contributed by atoms with Crippen LogP contribution in [-0.4, -0.2) is 49.6 Å². The second-order valence-electron chi connectivity index (χ2n) is 6.83. The zero-order valence-electron chi connectivity index (χ0n) is 13.5. The van der Waals surface area contributed by atoms with Crippen LogP contribution in [-0.2, 0) is 0 Å². The highest BCUT2D eigenvalue weighted by molar-refractivity contribution is 5.45. The van der Waals surface area contributed by atoms with Crippen LogP contribution in [0.1, 0.15) is 43.7 Å². The predicted octanol–water partition coefficient (Wildman–Crippen LogP) is 3.35. The van der Waals surface area contributed by atoms with Gasteiger partial charge in [0.25, 0.3) is 0 Å². The van der Waals surface area contributed by atoms with Gasteiger partial charge in [0.05, 0.1) is 0 Å². The molecule has 3 rings (SSSR count). The summed E-state index contributed by atoms with van der Waals surface area (Å²) in [6, 6.07) is 10.7. The number of nitrogens with one attached hydrogen (secondary N) is 1. The van der Waals surface area contributed by atoms with Crippen LogP contribution in [0.25, 0.3) is 0 Å². The largest absolute Gasteiger partial charge is 0.384 e. The van der Waals surface area contributed by atoms with Crippen LogP contribution in [0, 0.1) is 0 Å². The summed E-state index contributed by atoms with van der Waals surface area (Å²) in [5.41, 5.74) is 2.76. The maximum atomic E-state index is 3.49. The zero-order chi connectivity index (χ0) is 14.7.